The van der Waals surface area contributed by atoms with Crippen molar-refractivity contribution >= 4 is 24.0 Å². The molecule has 0 aliphatic rings. The zero-order valence-corrected chi connectivity index (χ0v) is 11.4. The predicted molar refractivity (Wildman–Crippen MR) is 71.6 cm³/mol. The normalized spacial score (nSPS) is 13.2. The Balaban J connectivity index is 0.00000289. The number of methoxy groups -OCH3 is 1. The average molecular weight is 277 g/mol. The summed E-state index contributed by atoms with van der Waals surface area (Å²) in [7, 11) is 1.42. The average Bonchev–Trinajstić information content (AvgIpc) is 2.30. The number of amides is 1. The molecule has 0 aliphatic carbocycles. The minimum atomic E-state index is -0.417. The van der Waals surface area contributed by atoms with E-state index in [4.69, 9.17) is 10.5 Å². The summed E-state index contributed by atoms with van der Waals surface area (Å²) in [6, 6.07) is 3.68. The molecule has 2 unspecified atom stereocenters. The van der Waals surface area contributed by atoms with Crippen LogP contribution in [0.25, 0.3) is 0 Å². The molecule has 0 bridgehead atoms. The summed E-state index contributed by atoms with van der Waals surface area (Å²) in [6.45, 7) is 3.49. The Kier molecular flexibility index (Phi) is 6.65. The zero-order chi connectivity index (χ0) is 13.0. The van der Waals surface area contributed by atoms with Gasteiger partial charge < -0.3 is 15.8 Å². The fourth-order valence-corrected chi connectivity index (χ4v) is 1.25. The van der Waals surface area contributed by atoms with Crippen LogP contribution in [-0.2, 0) is 4.79 Å². The Bertz CT molecular complexity index is 413. The number of rotatable bonds is 4. The number of hydrogen-bond acceptors (Lipinski definition) is 3. The molecule has 0 aromatic heterocycles. The summed E-state index contributed by atoms with van der Waals surface area (Å²) in [5.41, 5.74) is 6.07. The van der Waals surface area contributed by atoms with E-state index in [1.165, 1.54) is 25.3 Å². The van der Waals surface area contributed by atoms with Gasteiger partial charge in [0.25, 0.3) is 0 Å². The summed E-state index contributed by atoms with van der Waals surface area (Å²) in [4.78, 5) is 11.8. The number of carbonyl (C=O) groups is 1. The molecule has 0 saturated carbocycles. The summed E-state index contributed by atoms with van der Waals surface area (Å²) in [5, 5.41) is 2.66. The molecule has 0 saturated heterocycles. The van der Waals surface area contributed by atoms with Crippen LogP contribution in [0.15, 0.2) is 18.2 Å². The van der Waals surface area contributed by atoms with E-state index in [2.05, 4.69) is 5.32 Å². The lowest BCUT2D eigenvalue weighted by atomic mass is 10.0. The first-order chi connectivity index (χ1) is 7.95. The van der Waals surface area contributed by atoms with Crippen LogP contribution < -0.4 is 15.8 Å². The maximum absolute atomic E-state index is 12.9. The summed E-state index contributed by atoms with van der Waals surface area (Å²) >= 11 is 0. The molecule has 18 heavy (non-hydrogen) atoms. The van der Waals surface area contributed by atoms with Crippen molar-refractivity contribution in [1.82, 2.24) is 0 Å². The van der Waals surface area contributed by atoms with Gasteiger partial charge in [0.2, 0.25) is 5.91 Å². The lowest BCUT2D eigenvalue weighted by Gasteiger charge is -2.16. The number of nitrogens with two attached hydrogens (primary N) is 1. The zero-order valence-electron chi connectivity index (χ0n) is 10.6. The topological polar surface area (TPSA) is 64.3 Å². The van der Waals surface area contributed by atoms with Gasteiger partial charge in [0.05, 0.1) is 18.7 Å². The van der Waals surface area contributed by atoms with Crippen LogP contribution in [-0.4, -0.2) is 19.1 Å². The van der Waals surface area contributed by atoms with Gasteiger partial charge in [-0.2, -0.15) is 0 Å². The van der Waals surface area contributed by atoms with Gasteiger partial charge in [0.1, 0.15) is 11.6 Å². The molecule has 1 rings (SSSR count). The maximum atomic E-state index is 12.9. The fraction of sp³-hybridized carbons (Fsp3) is 0.417. The van der Waals surface area contributed by atoms with Gasteiger partial charge in [-0.3, -0.25) is 4.79 Å². The second kappa shape index (κ2) is 7.18. The highest BCUT2D eigenvalue weighted by atomic mass is 35.5. The minimum absolute atomic E-state index is 0. The van der Waals surface area contributed by atoms with E-state index in [-0.39, 0.29) is 36.0 Å². The third-order valence-corrected chi connectivity index (χ3v) is 2.62. The molecule has 2 atom stereocenters. The molecule has 3 N–H and O–H groups in total. The summed E-state index contributed by atoms with van der Waals surface area (Å²) < 4.78 is 17.9. The number of benzene rings is 1. The summed E-state index contributed by atoms with van der Waals surface area (Å²) in [6.07, 6.45) is 0. The van der Waals surface area contributed by atoms with Gasteiger partial charge >= 0.3 is 0 Å². The molecular weight excluding hydrogens is 259 g/mol. The second-order valence-electron chi connectivity index (χ2n) is 3.98. The van der Waals surface area contributed by atoms with Gasteiger partial charge in [0.15, 0.2) is 0 Å². The van der Waals surface area contributed by atoms with Crippen molar-refractivity contribution in [2.75, 3.05) is 12.4 Å². The number of ether oxygens (including phenoxy) is 1. The quantitative estimate of drug-likeness (QED) is 0.886. The maximum Gasteiger partial charge on any atom is 0.228 e. The number of halogens is 2. The third kappa shape index (κ3) is 4.16. The molecule has 4 nitrogen and oxygen atoms in total. The highest BCUT2D eigenvalue weighted by Crippen LogP contribution is 2.25. The van der Waals surface area contributed by atoms with Crippen LogP contribution in [0.4, 0.5) is 10.1 Å². The molecule has 0 spiro atoms. The lowest BCUT2D eigenvalue weighted by Crippen LogP contribution is -2.34. The van der Waals surface area contributed by atoms with Gasteiger partial charge in [-0.05, 0) is 19.1 Å². The van der Waals surface area contributed by atoms with E-state index >= 15 is 0 Å². The largest absolute Gasteiger partial charge is 0.494 e. The van der Waals surface area contributed by atoms with Crippen molar-refractivity contribution in [3.8, 4) is 5.75 Å². The first-order valence-electron chi connectivity index (χ1n) is 5.35. The van der Waals surface area contributed by atoms with Crippen LogP contribution in [0, 0.1) is 11.7 Å². The fourth-order valence-electron chi connectivity index (χ4n) is 1.25. The van der Waals surface area contributed by atoms with E-state index in [1.54, 1.807) is 13.8 Å². The van der Waals surface area contributed by atoms with Crippen LogP contribution in [0.1, 0.15) is 13.8 Å². The summed E-state index contributed by atoms with van der Waals surface area (Å²) in [5.74, 6) is -0.676. The van der Waals surface area contributed by atoms with Crippen molar-refractivity contribution < 1.29 is 13.9 Å². The van der Waals surface area contributed by atoms with Crippen LogP contribution in [0.5, 0.6) is 5.75 Å². The Morgan fingerprint density at radius 2 is 2.06 bits per heavy atom. The molecule has 1 amide bonds. The highest BCUT2D eigenvalue weighted by Gasteiger charge is 2.18. The Labute approximate surface area is 112 Å². The van der Waals surface area contributed by atoms with Crippen molar-refractivity contribution in [2.45, 2.75) is 19.9 Å². The van der Waals surface area contributed by atoms with Gasteiger partial charge in [-0.25, -0.2) is 4.39 Å². The third-order valence-electron chi connectivity index (χ3n) is 2.62. The highest BCUT2D eigenvalue weighted by molar-refractivity contribution is 5.94. The Morgan fingerprint density at radius 1 is 1.44 bits per heavy atom. The number of hydrogen-bond donors (Lipinski definition) is 2. The second-order valence-corrected chi connectivity index (χ2v) is 3.98. The van der Waals surface area contributed by atoms with E-state index in [0.29, 0.717) is 5.69 Å². The predicted octanol–water partition coefficient (Wildman–Crippen LogP) is 2.18. The molecule has 0 aliphatic heterocycles. The van der Waals surface area contributed by atoms with Crippen molar-refractivity contribution in [2.24, 2.45) is 11.7 Å². The molecule has 102 valence electrons. The first-order valence-corrected chi connectivity index (χ1v) is 5.35. The SMILES string of the molecule is COc1cc(F)ccc1NC(=O)C(C)C(C)N.Cl. The van der Waals surface area contributed by atoms with E-state index in [9.17, 15) is 9.18 Å². The van der Waals surface area contributed by atoms with Crippen LogP contribution in [0.3, 0.4) is 0 Å². The van der Waals surface area contributed by atoms with Crippen molar-refractivity contribution in [3.63, 3.8) is 0 Å². The Morgan fingerprint density at radius 3 is 2.56 bits per heavy atom. The van der Waals surface area contributed by atoms with Gasteiger partial charge in [0, 0.05) is 12.1 Å². The Hall–Kier alpha value is -1.33. The van der Waals surface area contributed by atoms with Crippen LogP contribution >= 0.6 is 12.4 Å². The van der Waals surface area contributed by atoms with E-state index in [1.807, 2.05) is 0 Å². The molecule has 0 heterocycles. The lowest BCUT2D eigenvalue weighted by molar-refractivity contribution is -0.119. The van der Waals surface area contributed by atoms with E-state index in [0.717, 1.165) is 0 Å². The van der Waals surface area contributed by atoms with Gasteiger partial charge in [-0.1, -0.05) is 6.92 Å². The van der Waals surface area contributed by atoms with Crippen LogP contribution in [0.2, 0.25) is 0 Å². The minimum Gasteiger partial charge on any atom is -0.494 e. The standard InChI is InChI=1S/C12H17FN2O2.ClH/c1-7(8(2)14)12(16)15-10-5-4-9(13)6-11(10)17-3;/h4-8H,14H2,1-3H3,(H,15,16);1H. The molecule has 1 aromatic rings. The smallest absolute Gasteiger partial charge is 0.228 e. The van der Waals surface area contributed by atoms with Crippen molar-refractivity contribution in [1.29, 1.82) is 0 Å². The van der Waals surface area contributed by atoms with Crippen molar-refractivity contribution in [3.05, 3.63) is 24.0 Å². The molecule has 0 radical (unpaired) electrons. The van der Waals surface area contributed by atoms with E-state index < -0.39 is 5.82 Å². The molecular formula is C12H18ClFN2O2. The van der Waals surface area contributed by atoms with Gasteiger partial charge in [-0.15, -0.1) is 12.4 Å². The monoisotopic (exact) mass is 276 g/mol. The molecule has 0 fully saturated rings. The number of anilines is 1. The molecule has 1 aromatic carbocycles. The number of nitrogens with one attached hydrogen (secondary N) is 1. The number of carbonyl (C=O) groups excluding carboxylic acids is 1. The molecule has 6 heteroatoms. The first kappa shape index (κ1) is 16.7.